The molecule has 4 nitrogen and oxygen atoms in total. The molecule has 2 N–H and O–H groups in total. The van der Waals surface area contributed by atoms with E-state index in [0.717, 1.165) is 31.7 Å². The first-order valence-corrected chi connectivity index (χ1v) is 6.01. The third-order valence-corrected chi connectivity index (χ3v) is 3.16. The molecule has 0 aromatic heterocycles. The minimum Gasteiger partial charge on any atom is -0.369 e. The van der Waals surface area contributed by atoms with E-state index >= 15 is 0 Å². The summed E-state index contributed by atoms with van der Waals surface area (Å²) in [5, 5.41) is 5.99. The molecule has 0 atom stereocenters. The SMILES string of the molecule is CNC(=O)c1ccc(C)c(N2CCNCC2)c1. The monoisotopic (exact) mass is 233 g/mol. The normalized spacial score (nSPS) is 15.8. The van der Waals surface area contributed by atoms with E-state index in [2.05, 4.69) is 22.5 Å². The lowest BCUT2D eigenvalue weighted by atomic mass is 10.1. The molecule has 1 aromatic rings. The lowest BCUT2D eigenvalue weighted by molar-refractivity contribution is 0.0963. The molecule has 0 bridgehead atoms. The predicted molar refractivity (Wildman–Crippen MR) is 69.7 cm³/mol. The molecular formula is C13H19N3O. The molecule has 0 aliphatic carbocycles. The van der Waals surface area contributed by atoms with E-state index in [-0.39, 0.29) is 5.91 Å². The van der Waals surface area contributed by atoms with Gasteiger partial charge in [0.25, 0.3) is 5.91 Å². The van der Waals surface area contributed by atoms with E-state index < -0.39 is 0 Å². The number of hydrogen-bond donors (Lipinski definition) is 2. The number of anilines is 1. The molecule has 1 aliphatic heterocycles. The van der Waals surface area contributed by atoms with Crippen molar-refractivity contribution in [2.24, 2.45) is 0 Å². The third kappa shape index (κ3) is 2.58. The fourth-order valence-corrected chi connectivity index (χ4v) is 2.14. The first kappa shape index (κ1) is 11.9. The van der Waals surface area contributed by atoms with E-state index in [4.69, 9.17) is 0 Å². The van der Waals surface area contributed by atoms with Crippen molar-refractivity contribution in [1.82, 2.24) is 10.6 Å². The predicted octanol–water partition coefficient (Wildman–Crippen LogP) is 0.764. The molecule has 2 rings (SSSR count). The van der Waals surface area contributed by atoms with Crippen LogP contribution in [0.5, 0.6) is 0 Å². The number of carbonyl (C=O) groups is 1. The average Bonchev–Trinajstić information content (AvgIpc) is 2.39. The summed E-state index contributed by atoms with van der Waals surface area (Å²) in [6.45, 7) is 6.09. The number of piperazine rings is 1. The molecule has 1 aromatic carbocycles. The first-order chi connectivity index (χ1) is 8.22. The molecular weight excluding hydrogens is 214 g/mol. The van der Waals surface area contributed by atoms with Crippen molar-refractivity contribution in [1.29, 1.82) is 0 Å². The largest absolute Gasteiger partial charge is 0.369 e. The topological polar surface area (TPSA) is 44.4 Å². The molecule has 1 fully saturated rings. The maximum Gasteiger partial charge on any atom is 0.251 e. The average molecular weight is 233 g/mol. The zero-order chi connectivity index (χ0) is 12.3. The summed E-state index contributed by atoms with van der Waals surface area (Å²) in [6.07, 6.45) is 0. The van der Waals surface area contributed by atoms with Crippen molar-refractivity contribution in [2.45, 2.75) is 6.92 Å². The fraction of sp³-hybridized carbons (Fsp3) is 0.462. The number of aryl methyl sites for hydroxylation is 1. The number of amides is 1. The van der Waals surface area contributed by atoms with Crippen molar-refractivity contribution in [3.63, 3.8) is 0 Å². The molecule has 0 unspecified atom stereocenters. The van der Waals surface area contributed by atoms with E-state index in [1.54, 1.807) is 7.05 Å². The van der Waals surface area contributed by atoms with Gasteiger partial charge in [0.2, 0.25) is 0 Å². The third-order valence-electron chi connectivity index (χ3n) is 3.16. The number of carbonyl (C=O) groups excluding carboxylic acids is 1. The molecule has 0 spiro atoms. The first-order valence-electron chi connectivity index (χ1n) is 6.01. The highest BCUT2D eigenvalue weighted by Gasteiger charge is 2.14. The smallest absolute Gasteiger partial charge is 0.251 e. The summed E-state index contributed by atoms with van der Waals surface area (Å²) in [4.78, 5) is 13.9. The molecule has 1 aliphatic rings. The van der Waals surface area contributed by atoms with Crippen molar-refractivity contribution in [3.8, 4) is 0 Å². The minimum absolute atomic E-state index is 0.0265. The van der Waals surface area contributed by atoms with Gasteiger partial charge in [-0.15, -0.1) is 0 Å². The molecule has 1 heterocycles. The maximum absolute atomic E-state index is 11.6. The van der Waals surface area contributed by atoms with E-state index in [0.29, 0.717) is 0 Å². The molecule has 1 saturated heterocycles. The van der Waals surface area contributed by atoms with E-state index in [1.807, 2.05) is 18.2 Å². The highest BCUT2D eigenvalue weighted by molar-refractivity contribution is 5.95. The number of benzene rings is 1. The van der Waals surface area contributed by atoms with Crippen LogP contribution in [-0.2, 0) is 0 Å². The van der Waals surface area contributed by atoms with Crippen LogP contribution in [0.25, 0.3) is 0 Å². The Bertz CT molecular complexity index is 411. The summed E-state index contributed by atoms with van der Waals surface area (Å²) >= 11 is 0. The molecule has 1 amide bonds. The second-order valence-electron chi connectivity index (χ2n) is 4.32. The molecule has 4 heteroatoms. The van der Waals surface area contributed by atoms with Gasteiger partial charge < -0.3 is 15.5 Å². The Hall–Kier alpha value is -1.55. The van der Waals surface area contributed by atoms with Gasteiger partial charge in [0.15, 0.2) is 0 Å². The highest BCUT2D eigenvalue weighted by atomic mass is 16.1. The van der Waals surface area contributed by atoms with E-state index in [1.165, 1.54) is 11.3 Å². The van der Waals surface area contributed by atoms with Gasteiger partial charge in [-0.25, -0.2) is 0 Å². The van der Waals surface area contributed by atoms with Gasteiger partial charge in [-0.1, -0.05) is 6.07 Å². The zero-order valence-corrected chi connectivity index (χ0v) is 10.4. The summed E-state index contributed by atoms with van der Waals surface area (Å²) < 4.78 is 0. The Morgan fingerprint density at radius 2 is 2.06 bits per heavy atom. The Kier molecular flexibility index (Phi) is 3.64. The minimum atomic E-state index is -0.0265. The van der Waals surface area contributed by atoms with Gasteiger partial charge in [0.05, 0.1) is 0 Å². The van der Waals surface area contributed by atoms with E-state index in [9.17, 15) is 4.79 Å². The maximum atomic E-state index is 11.6. The fourth-order valence-electron chi connectivity index (χ4n) is 2.14. The van der Waals surface area contributed by atoms with Crippen molar-refractivity contribution < 1.29 is 4.79 Å². The van der Waals surface area contributed by atoms with Gasteiger partial charge in [-0.05, 0) is 24.6 Å². The second kappa shape index (κ2) is 5.19. The lowest BCUT2D eigenvalue weighted by Crippen LogP contribution is -2.43. The molecule has 17 heavy (non-hydrogen) atoms. The second-order valence-corrected chi connectivity index (χ2v) is 4.32. The van der Waals surface area contributed by atoms with Crippen LogP contribution in [0.4, 0.5) is 5.69 Å². The Morgan fingerprint density at radius 1 is 1.35 bits per heavy atom. The number of nitrogens with one attached hydrogen (secondary N) is 2. The standard InChI is InChI=1S/C13H19N3O/c1-10-3-4-11(13(17)14-2)9-12(10)16-7-5-15-6-8-16/h3-4,9,15H,5-8H2,1-2H3,(H,14,17). The van der Waals surface area contributed by atoms with Gasteiger partial charge in [-0.2, -0.15) is 0 Å². The van der Waals surface area contributed by atoms with Crippen LogP contribution in [0.15, 0.2) is 18.2 Å². The summed E-state index contributed by atoms with van der Waals surface area (Å²) in [7, 11) is 1.66. The van der Waals surface area contributed by atoms with Crippen molar-refractivity contribution >= 4 is 11.6 Å². The van der Waals surface area contributed by atoms with Crippen LogP contribution in [0.3, 0.4) is 0 Å². The van der Waals surface area contributed by atoms with Gasteiger partial charge in [-0.3, -0.25) is 4.79 Å². The Morgan fingerprint density at radius 3 is 2.71 bits per heavy atom. The summed E-state index contributed by atoms with van der Waals surface area (Å²) in [5.74, 6) is -0.0265. The number of rotatable bonds is 2. The van der Waals surface area contributed by atoms with Crippen LogP contribution >= 0.6 is 0 Å². The highest BCUT2D eigenvalue weighted by Crippen LogP contribution is 2.22. The van der Waals surface area contributed by atoms with Crippen LogP contribution in [-0.4, -0.2) is 39.1 Å². The quantitative estimate of drug-likeness (QED) is 0.793. The molecule has 0 radical (unpaired) electrons. The lowest BCUT2D eigenvalue weighted by Gasteiger charge is -2.31. The number of nitrogens with zero attached hydrogens (tertiary/aromatic N) is 1. The van der Waals surface area contributed by atoms with Gasteiger partial charge in [0, 0.05) is 44.5 Å². The van der Waals surface area contributed by atoms with Crippen LogP contribution < -0.4 is 15.5 Å². The number of hydrogen-bond acceptors (Lipinski definition) is 3. The van der Waals surface area contributed by atoms with Crippen molar-refractivity contribution in [2.75, 3.05) is 38.1 Å². The van der Waals surface area contributed by atoms with Gasteiger partial charge in [0.1, 0.15) is 0 Å². The van der Waals surface area contributed by atoms with Gasteiger partial charge >= 0.3 is 0 Å². The Balaban J connectivity index is 2.28. The van der Waals surface area contributed by atoms with Crippen LogP contribution in [0.2, 0.25) is 0 Å². The van der Waals surface area contributed by atoms with Crippen LogP contribution in [0, 0.1) is 6.92 Å². The van der Waals surface area contributed by atoms with Crippen molar-refractivity contribution in [3.05, 3.63) is 29.3 Å². The van der Waals surface area contributed by atoms with Crippen LogP contribution in [0.1, 0.15) is 15.9 Å². The molecule has 92 valence electrons. The summed E-state index contributed by atoms with van der Waals surface area (Å²) in [6, 6.07) is 5.88. The summed E-state index contributed by atoms with van der Waals surface area (Å²) in [5.41, 5.74) is 3.12. The zero-order valence-electron chi connectivity index (χ0n) is 10.4. The Labute approximate surface area is 102 Å². The molecule has 0 saturated carbocycles.